The molecule has 3 saturated carbocycles. The van der Waals surface area contributed by atoms with Crippen molar-refractivity contribution in [2.45, 2.75) is 32.6 Å². The molecule has 2 bridgehead atoms. The van der Waals surface area contributed by atoms with Gasteiger partial charge in [-0.2, -0.15) is 0 Å². The summed E-state index contributed by atoms with van der Waals surface area (Å²) in [7, 11) is 0. The lowest BCUT2D eigenvalue weighted by Gasteiger charge is -2.39. The van der Waals surface area contributed by atoms with E-state index in [1.165, 1.54) is 19.3 Å². The van der Waals surface area contributed by atoms with Gasteiger partial charge in [0.2, 0.25) is 0 Å². The Balaban J connectivity index is 2.16. The van der Waals surface area contributed by atoms with Crippen LogP contribution in [0.2, 0.25) is 0 Å². The Bertz CT molecular complexity index is 162. The van der Waals surface area contributed by atoms with Crippen molar-refractivity contribution in [2.75, 3.05) is 0 Å². The van der Waals surface area contributed by atoms with Crippen LogP contribution in [0.4, 0.5) is 0 Å². The standard InChI is InChI=1S/C9H14O/c1-6-4-8-3-2-7(6)5-9(8)10/h6-8H,2-5H2,1H3/t6-,7+,8+/m0/s1. The summed E-state index contributed by atoms with van der Waals surface area (Å²) in [6, 6.07) is 0. The molecule has 0 heterocycles. The van der Waals surface area contributed by atoms with Gasteiger partial charge in [-0.3, -0.25) is 4.79 Å². The summed E-state index contributed by atoms with van der Waals surface area (Å²) < 4.78 is 0. The first-order chi connectivity index (χ1) is 4.77. The smallest absolute Gasteiger partial charge is 0.136 e. The second-order valence-electron chi connectivity index (χ2n) is 3.92. The van der Waals surface area contributed by atoms with E-state index in [0.29, 0.717) is 11.7 Å². The lowest BCUT2D eigenvalue weighted by atomic mass is 9.65. The van der Waals surface area contributed by atoms with Crippen molar-refractivity contribution < 1.29 is 4.79 Å². The first-order valence-electron chi connectivity index (χ1n) is 4.30. The SMILES string of the molecule is C[C@H]1C[C@H]2CC[C@@H]1CC2=O. The third kappa shape index (κ3) is 0.799. The lowest BCUT2D eigenvalue weighted by molar-refractivity contribution is -0.131. The van der Waals surface area contributed by atoms with Gasteiger partial charge in [0.05, 0.1) is 0 Å². The molecule has 1 nitrogen and oxygen atoms in total. The Morgan fingerprint density at radius 2 is 2.20 bits per heavy atom. The topological polar surface area (TPSA) is 17.1 Å². The number of rotatable bonds is 0. The van der Waals surface area contributed by atoms with E-state index in [4.69, 9.17) is 0 Å². The summed E-state index contributed by atoms with van der Waals surface area (Å²) in [5, 5.41) is 0. The Kier molecular flexibility index (Phi) is 1.33. The minimum absolute atomic E-state index is 0.458. The normalized spacial score (nSPS) is 46.1. The number of Topliss-reactive ketones (excluding diaryl/α,β-unsaturated/α-hetero) is 1. The molecule has 3 aliphatic carbocycles. The second-order valence-corrected chi connectivity index (χ2v) is 3.92. The number of fused-ring (bicyclic) bond motifs is 3. The van der Waals surface area contributed by atoms with Crippen LogP contribution >= 0.6 is 0 Å². The van der Waals surface area contributed by atoms with Gasteiger partial charge in [-0.05, 0) is 31.1 Å². The molecule has 3 fully saturated rings. The zero-order chi connectivity index (χ0) is 7.14. The van der Waals surface area contributed by atoms with Gasteiger partial charge >= 0.3 is 0 Å². The maximum absolute atomic E-state index is 11.2. The van der Waals surface area contributed by atoms with Crippen LogP contribution in [0.1, 0.15) is 32.6 Å². The molecule has 0 aliphatic heterocycles. The fourth-order valence-corrected chi connectivity index (χ4v) is 2.48. The van der Waals surface area contributed by atoms with Crippen LogP contribution in [0.15, 0.2) is 0 Å². The van der Waals surface area contributed by atoms with E-state index in [9.17, 15) is 4.79 Å². The molecule has 0 spiro atoms. The van der Waals surface area contributed by atoms with Crippen molar-refractivity contribution in [1.29, 1.82) is 0 Å². The summed E-state index contributed by atoms with van der Waals surface area (Å²) in [5.41, 5.74) is 0. The minimum Gasteiger partial charge on any atom is -0.299 e. The predicted molar refractivity (Wildman–Crippen MR) is 39.6 cm³/mol. The molecule has 3 rings (SSSR count). The van der Waals surface area contributed by atoms with Crippen molar-refractivity contribution in [3.63, 3.8) is 0 Å². The highest BCUT2D eigenvalue weighted by atomic mass is 16.1. The Morgan fingerprint density at radius 1 is 1.40 bits per heavy atom. The molecule has 0 saturated heterocycles. The zero-order valence-corrected chi connectivity index (χ0v) is 6.47. The van der Waals surface area contributed by atoms with Gasteiger partial charge in [0.15, 0.2) is 0 Å². The summed E-state index contributed by atoms with van der Waals surface area (Å²) >= 11 is 0. The lowest BCUT2D eigenvalue weighted by Crippen LogP contribution is -2.36. The van der Waals surface area contributed by atoms with Gasteiger partial charge in [0, 0.05) is 12.3 Å². The number of hydrogen-bond donors (Lipinski definition) is 0. The van der Waals surface area contributed by atoms with Crippen LogP contribution in [0.3, 0.4) is 0 Å². The summed E-state index contributed by atoms with van der Waals surface area (Å²) in [6.45, 7) is 2.29. The van der Waals surface area contributed by atoms with E-state index >= 15 is 0 Å². The van der Waals surface area contributed by atoms with Gasteiger partial charge in [-0.1, -0.05) is 6.92 Å². The average molecular weight is 138 g/mol. The van der Waals surface area contributed by atoms with E-state index in [1.54, 1.807) is 0 Å². The Labute approximate surface area is 61.8 Å². The molecule has 0 aromatic rings. The highest BCUT2D eigenvalue weighted by Gasteiger charge is 2.38. The van der Waals surface area contributed by atoms with Crippen molar-refractivity contribution in [1.82, 2.24) is 0 Å². The van der Waals surface area contributed by atoms with Gasteiger partial charge in [-0.25, -0.2) is 0 Å². The molecule has 56 valence electrons. The monoisotopic (exact) mass is 138 g/mol. The summed E-state index contributed by atoms with van der Waals surface area (Å²) in [4.78, 5) is 11.2. The van der Waals surface area contributed by atoms with Crippen LogP contribution < -0.4 is 0 Å². The molecule has 0 unspecified atom stereocenters. The quantitative estimate of drug-likeness (QED) is 0.500. The van der Waals surface area contributed by atoms with Crippen molar-refractivity contribution in [3.8, 4) is 0 Å². The number of carbonyl (C=O) groups is 1. The van der Waals surface area contributed by atoms with E-state index in [0.717, 1.165) is 18.3 Å². The third-order valence-electron chi connectivity index (χ3n) is 3.27. The number of carbonyl (C=O) groups excluding carboxylic acids is 1. The number of ketones is 1. The molecule has 0 amide bonds. The molecular formula is C9H14O. The van der Waals surface area contributed by atoms with Gasteiger partial charge in [-0.15, -0.1) is 0 Å². The van der Waals surface area contributed by atoms with Crippen molar-refractivity contribution in [2.24, 2.45) is 17.8 Å². The molecule has 10 heavy (non-hydrogen) atoms. The van der Waals surface area contributed by atoms with E-state index < -0.39 is 0 Å². The van der Waals surface area contributed by atoms with Crippen LogP contribution in [-0.2, 0) is 4.79 Å². The fourth-order valence-electron chi connectivity index (χ4n) is 2.48. The molecule has 1 heteroatoms. The van der Waals surface area contributed by atoms with Crippen LogP contribution in [-0.4, -0.2) is 5.78 Å². The van der Waals surface area contributed by atoms with E-state index in [-0.39, 0.29) is 0 Å². The Morgan fingerprint density at radius 3 is 2.50 bits per heavy atom. The summed E-state index contributed by atoms with van der Waals surface area (Å²) in [5.74, 6) is 2.59. The second kappa shape index (κ2) is 2.08. The maximum Gasteiger partial charge on any atom is 0.136 e. The fraction of sp³-hybridized carbons (Fsp3) is 0.889. The molecule has 3 atom stereocenters. The molecule has 0 aromatic carbocycles. The third-order valence-corrected chi connectivity index (χ3v) is 3.27. The molecular weight excluding hydrogens is 124 g/mol. The molecule has 3 aliphatic rings. The Hall–Kier alpha value is -0.330. The van der Waals surface area contributed by atoms with Crippen LogP contribution in [0, 0.1) is 17.8 Å². The van der Waals surface area contributed by atoms with E-state index in [1.807, 2.05) is 0 Å². The van der Waals surface area contributed by atoms with E-state index in [2.05, 4.69) is 6.92 Å². The van der Waals surface area contributed by atoms with Crippen LogP contribution in [0.5, 0.6) is 0 Å². The molecule has 0 radical (unpaired) electrons. The number of hydrogen-bond acceptors (Lipinski definition) is 1. The van der Waals surface area contributed by atoms with Crippen molar-refractivity contribution >= 4 is 5.78 Å². The predicted octanol–water partition coefficient (Wildman–Crippen LogP) is 2.01. The van der Waals surface area contributed by atoms with Gasteiger partial charge in [0.25, 0.3) is 0 Å². The average Bonchev–Trinajstić information content (AvgIpc) is 1.91. The van der Waals surface area contributed by atoms with Crippen LogP contribution in [0.25, 0.3) is 0 Å². The highest BCUT2D eigenvalue weighted by molar-refractivity contribution is 5.82. The molecule has 0 N–H and O–H groups in total. The highest BCUT2D eigenvalue weighted by Crippen LogP contribution is 2.42. The van der Waals surface area contributed by atoms with Gasteiger partial charge < -0.3 is 0 Å². The first-order valence-corrected chi connectivity index (χ1v) is 4.30. The molecule has 0 aromatic heterocycles. The maximum atomic E-state index is 11.2. The minimum atomic E-state index is 0.458. The summed E-state index contributed by atoms with van der Waals surface area (Å²) in [6.07, 6.45) is 4.58. The first kappa shape index (κ1) is 6.38. The largest absolute Gasteiger partial charge is 0.299 e. The zero-order valence-electron chi connectivity index (χ0n) is 6.47. The van der Waals surface area contributed by atoms with Crippen molar-refractivity contribution in [3.05, 3.63) is 0 Å². The van der Waals surface area contributed by atoms with Gasteiger partial charge in [0.1, 0.15) is 5.78 Å².